The molecule has 8 nitrogen and oxygen atoms in total. The number of ether oxygens (including phenoxy) is 1. The zero-order valence-electron chi connectivity index (χ0n) is 15.8. The Morgan fingerprint density at radius 2 is 1.93 bits per heavy atom. The Morgan fingerprint density at radius 3 is 2.57 bits per heavy atom. The second-order valence-electron chi connectivity index (χ2n) is 6.45. The number of nitrogens with zero attached hydrogens (tertiary/aromatic N) is 4. The zero-order chi connectivity index (χ0) is 19.8. The van der Waals surface area contributed by atoms with Gasteiger partial charge in [0.25, 0.3) is 0 Å². The molecular formula is C19H26N4O4S. The second kappa shape index (κ2) is 10.4. The highest BCUT2D eigenvalue weighted by Crippen LogP contribution is 2.19. The van der Waals surface area contributed by atoms with Gasteiger partial charge in [-0.2, -0.15) is 4.36 Å². The van der Waals surface area contributed by atoms with Gasteiger partial charge in [-0.3, -0.25) is 9.08 Å². The molecule has 0 radical (unpaired) electrons. The van der Waals surface area contributed by atoms with Crippen LogP contribution in [0, 0.1) is 0 Å². The van der Waals surface area contributed by atoms with Crippen LogP contribution in [0.5, 0.6) is 5.75 Å². The maximum absolute atomic E-state index is 11.3. The number of pyridine rings is 1. The standard InChI is InChI=1S/C19H26N4O4S/c1-26-28(25)21-16-5-7-18(8-6-16)27-15-17(24)14-22-10-12-23(13-11-22)19-4-2-3-9-20-19/h2-9,17,24,28H,10-15H2,1H3. The molecule has 1 aliphatic heterocycles. The minimum absolute atomic E-state index is 0.212. The van der Waals surface area contributed by atoms with Gasteiger partial charge in [-0.15, -0.1) is 0 Å². The van der Waals surface area contributed by atoms with Crippen LogP contribution in [0.3, 0.4) is 0 Å². The molecule has 1 aromatic heterocycles. The molecule has 28 heavy (non-hydrogen) atoms. The van der Waals surface area contributed by atoms with Crippen molar-refractivity contribution in [1.82, 2.24) is 9.88 Å². The second-order valence-corrected chi connectivity index (χ2v) is 7.50. The van der Waals surface area contributed by atoms with Crippen molar-refractivity contribution in [3.05, 3.63) is 48.7 Å². The quantitative estimate of drug-likeness (QED) is 0.643. The summed E-state index contributed by atoms with van der Waals surface area (Å²) in [6.07, 6.45) is 1.23. The first-order chi connectivity index (χ1) is 13.6. The normalized spacial score (nSPS) is 17.4. The number of hydrogen-bond acceptors (Lipinski definition) is 8. The number of β-amino-alcohol motifs (C(OH)–C–C–N with tert-alkyl or cyclic N) is 1. The van der Waals surface area contributed by atoms with Gasteiger partial charge in [-0.25, -0.2) is 9.19 Å². The van der Waals surface area contributed by atoms with E-state index >= 15 is 0 Å². The minimum Gasteiger partial charge on any atom is -0.491 e. The van der Waals surface area contributed by atoms with Gasteiger partial charge in [-0.1, -0.05) is 6.07 Å². The molecule has 0 amide bonds. The van der Waals surface area contributed by atoms with Gasteiger partial charge in [0.05, 0.1) is 12.8 Å². The van der Waals surface area contributed by atoms with Crippen LogP contribution < -0.4 is 9.64 Å². The molecule has 152 valence electrons. The van der Waals surface area contributed by atoms with E-state index in [1.54, 1.807) is 30.5 Å². The number of aromatic nitrogens is 1. The van der Waals surface area contributed by atoms with Crippen LogP contribution in [0.25, 0.3) is 0 Å². The Bertz CT molecular complexity index is 804. The lowest BCUT2D eigenvalue weighted by Crippen LogP contribution is -2.49. The van der Waals surface area contributed by atoms with E-state index in [0.717, 1.165) is 32.0 Å². The highest BCUT2D eigenvalue weighted by molar-refractivity contribution is 7.69. The topological polar surface area (TPSA) is 87.5 Å². The summed E-state index contributed by atoms with van der Waals surface area (Å²) in [7, 11) is -0.683. The molecule has 3 rings (SSSR count). The summed E-state index contributed by atoms with van der Waals surface area (Å²) in [5.74, 6) is 1.63. The average molecular weight is 407 g/mol. The summed E-state index contributed by atoms with van der Waals surface area (Å²) in [6.45, 7) is 4.31. The monoisotopic (exact) mass is 406 g/mol. The Hall–Kier alpha value is -2.20. The third-order valence-corrected chi connectivity index (χ3v) is 5.15. The fourth-order valence-corrected chi connectivity index (χ4v) is 3.39. The molecule has 1 aromatic carbocycles. The zero-order valence-corrected chi connectivity index (χ0v) is 16.7. The molecule has 2 heterocycles. The molecule has 2 aromatic rings. The van der Waals surface area contributed by atoms with Crippen LogP contribution in [-0.2, 0) is 15.1 Å². The molecular weight excluding hydrogens is 380 g/mol. The maximum atomic E-state index is 11.3. The Morgan fingerprint density at radius 1 is 1.18 bits per heavy atom. The summed E-state index contributed by atoms with van der Waals surface area (Å²) >= 11 is 0. The van der Waals surface area contributed by atoms with Crippen molar-refractivity contribution in [2.75, 3.05) is 51.3 Å². The van der Waals surface area contributed by atoms with Crippen molar-refractivity contribution in [2.24, 2.45) is 4.36 Å². The molecule has 0 bridgehead atoms. The Labute approximate surface area is 167 Å². The third-order valence-electron chi connectivity index (χ3n) is 4.45. The summed E-state index contributed by atoms with van der Waals surface area (Å²) in [4.78, 5) is 8.87. The summed E-state index contributed by atoms with van der Waals surface area (Å²) in [6, 6.07) is 12.8. The van der Waals surface area contributed by atoms with E-state index in [4.69, 9.17) is 4.74 Å². The lowest BCUT2D eigenvalue weighted by atomic mass is 10.2. The molecule has 1 fully saturated rings. The van der Waals surface area contributed by atoms with Crippen molar-refractivity contribution < 1.29 is 18.2 Å². The summed E-state index contributed by atoms with van der Waals surface area (Å²) < 4.78 is 25.4. The number of benzene rings is 1. The molecule has 2 unspecified atom stereocenters. The molecule has 1 N–H and O–H groups in total. The Kier molecular flexibility index (Phi) is 7.61. The molecule has 9 heteroatoms. The van der Waals surface area contributed by atoms with E-state index in [9.17, 15) is 9.32 Å². The lowest BCUT2D eigenvalue weighted by molar-refractivity contribution is 0.0662. The molecule has 1 aliphatic rings. The molecule has 0 saturated carbocycles. The van der Waals surface area contributed by atoms with Gasteiger partial charge >= 0.3 is 0 Å². The summed E-state index contributed by atoms with van der Waals surface area (Å²) in [5, 5.41) is 10.3. The smallest absolute Gasteiger partial charge is 0.156 e. The van der Waals surface area contributed by atoms with Crippen LogP contribution in [-0.4, -0.2) is 71.7 Å². The van der Waals surface area contributed by atoms with Crippen LogP contribution in [0.15, 0.2) is 53.0 Å². The predicted molar refractivity (Wildman–Crippen MR) is 109 cm³/mol. The first-order valence-electron chi connectivity index (χ1n) is 9.16. The highest BCUT2D eigenvalue weighted by atomic mass is 32.2. The molecule has 1 saturated heterocycles. The van der Waals surface area contributed by atoms with Gasteiger partial charge in [0.15, 0.2) is 10.9 Å². The number of anilines is 1. The first kappa shape index (κ1) is 20.5. The third kappa shape index (κ3) is 6.16. The molecule has 2 atom stereocenters. The number of aliphatic hydroxyl groups excluding tert-OH is 1. The Balaban J connectivity index is 1.40. The minimum atomic E-state index is -2.03. The lowest BCUT2D eigenvalue weighted by Gasteiger charge is -2.36. The van der Waals surface area contributed by atoms with Crippen molar-refractivity contribution in [3.8, 4) is 5.75 Å². The number of hydrogen-bond donors (Lipinski definition) is 2. The maximum Gasteiger partial charge on any atom is 0.156 e. The van der Waals surface area contributed by atoms with Crippen molar-refractivity contribution in [3.63, 3.8) is 0 Å². The van der Waals surface area contributed by atoms with Gasteiger partial charge in [-0.05, 0) is 36.4 Å². The number of rotatable bonds is 8. The highest BCUT2D eigenvalue weighted by Gasteiger charge is 2.20. The predicted octanol–water partition coefficient (Wildman–Crippen LogP) is 1.50. The van der Waals surface area contributed by atoms with Gasteiger partial charge in [0.2, 0.25) is 0 Å². The van der Waals surface area contributed by atoms with Gasteiger partial charge in [0, 0.05) is 38.9 Å². The summed E-state index contributed by atoms with van der Waals surface area (Å²) in [5.41, 5.74) is 0.557. The van der Waals surface area contributed by atoms with Gasteiger partial charge < -0.3 is 14.7 Å². The van der Waals surface area contributed by atoms with Crippen molar-refractivity contribution >= 4 is 22.4 Å². The molecule has 0 spiro atoms. The van der Waals surface area contributed by atoms with Crippen molar-refractivity contribution in [2.45, 2.75) is 6.10 Å². The van der Waals surface area contributed by atoms with E-state index in [2.05, 4.69) is 23.3 Å². The van der Waals surface area contributed by atoms with Crippen LogP contribution in [0.4, 0.5) is 11.5 Å². The van der Waals surface area contributed by atoms with Crippen LogP contribution in [0.1, 0.15) is 0 Å². The average Bonchev–Trinajstić information content (AvgIpc) is 2.74. The van der Waals surface area contributed by atoms with E-state index in [1.807, 2.05) is 18.2 Å². The largest absolute Gasteiger partial charge is 0.491 e. The van der Waals surface area contributed by atoms with Gasteiger partial charge in [0.1, 0.15) is 24.3 Å². The van der Waals surface area contributed by atoms with Crippen LogP contribution >= 0.6 is 0 Å². The number of thiol groups is 1. The van der Waals surface area contributed by atoms with E-state index in [-0.39, 0.29) is 6.61 Å². The van der Waals surface area contributed by atoms with Crippen LogP contribution in [0.2, 0.25) is 0 Å². The van der Waals surface area contributed by atoms with E-state index in [0.29, 0.717) is 18.0 Å². The van der Waals surface area contributed by atoms with E-state index < -0.39 is 17.0 Å². The number of piperazine rings is 1. The number of aliphatic hydroxyl groups is 1. The molecule has 0 aliphatic carbocycles. The first-order valence-corrected chi connectivity index (χ1v) is 10.3. The van der Waals surface area contributed by atoms with E-state index in [1.165, 1.54) is 7.11 Å². The fourth-order valence-electron chi connectivity index (χ4n) is 2.99. The van der Waals surface area contributed by atoms with Crippen molar-refractivity contribution in [1.29, 1.82) is 0 Å². The fraction of sp³-hybridized carbons (Fsp3) is 0.421. The SMILES string of the molecule is CO[SH](=O)=Nc1ccc(OCC(O)CN2CCN(c3ccccn3)CC2)cc1.